The summed E-state index contributed by atoms with van der Waals surface area (Å²) in [5.74, 6) is 0.230. The molecule has 0 aromatic rings. The van der Waals surface area contributed by atoms with Crippen molar-refractivity contribution in [3.05, 3.63) is 0 Å². The van der Waals surface area contributed by atoms with Gasteiger partial charge < -0.3 is 5.32 Å². The Labute approximate surface area is 75.9 Å². The van der Waals surface area contributed by atoms with Crippen LogP contribution in [0.4, 0.5) is 0 Å². The molecule has 0 bridgehead atoms. The highest BCUT2D eigenvalue weighted by Gasteiger charge is 2.14. The van der Waals surface area contributed by atoms with Crippen molar-refractivity contribution in [1.82, 2.24) is 5.32 Å². The fourth-order valence-corrected chi connectivity index (χ4v) is 1.95. The average Bonchev–Trinajstić information content (AvgIpc) is 2.15. The second kappa shape index (κ2) is 4.75. The molecule has 1 amide bonds. The lowest BCUT2D eigenvalue weighted by molar-refractivity contribution is -0.121. The Bertz CT molecular complexity index is 138. The summed E-state index contributed by atoms with van der Waals surface area (Å²) in [7, 11) is 0. The van der Waals surface area contributed by atoms with Crippen molar-refractivity contribution in [2.24, 2.45) is 0 Å². The van der Waals surface area contributed by atoms with E-state index in [2.05, 4.69) is 21.2 Å². The summed E-state index contributed by atoms with van der Waals surface area (Å²) < 4.78 is 0. The lowest BCUT2D eigenvalue weighted by Crippen LogP contribution is -2.32. The van der Waals surface area contributed by atoms with Gasteiger partial charge in [0.15, 0.2) is 0 Å². The third kappa shape index (κ3) is 3.23. The summed E-state index contributed by atoms with van der Waals surface area (Å²) in [5.41, 5.74) is 0. The molecule has 2 nitrogen and oxygen atoms in total. The number of rotatable bonds is 2. The van der Waals surface area contributed by atoms with Crippen LogP contribution in [0.25, 0.3) is 0 Å². The standard InChI is InChI=1S/C8H14BrNO/c9-6-5-7-3-1-2-4-8(11)10-7/h7H,1-6H2,(H,10,11). The monoisotopic (exact) mass is 219 g/mol. The van der Waals surface area contributed by atoms with Crippen LogP contribution in [0.3, 0.4) is 0 Å². The van der Waals surface area contributed by atoms with E-state index in [1.54, 1.807) is 0 Å². The van der Waals surface area contributed by atoms with E-state index in [-0.39, 0.29) is 5.91 Å². The normalized spacial score (nSPS) is 25.9. The van der Waals surface area contributed by atoms with Gasteiger partial charge in [-0.05, 0) is 19.3 Å². The molecule has 1 heterocycles. The van der Waals surface area contributed by atoms with E-state index >= 15 is 0 Å². The molecule has 1 aliphatic rings. The second-order valence-electron chi connectivity index (χ2n) is 2.99. The van der Waals surface area contributed by atoms with Crippen LogP contribution in [-0.4, -0.2) is 17.3 Å². The molecule has 1 atom stereocenters. The van der Waals surface area contributed by atoms with E-state index in [1.807, 2.05) is 0 Å². The molecule has 64 valence electrons. The van der Waals surface area contributed by atoms with Gasteiger partial charge >= 0.3 is 0 Å². The molecule has 0 aromatic heterocycles. The Morgan fingerprint density at radius 2 is 2.36 bits per heavy atom. The molecule has 1 aliphatic heterocycles. The maximum Gasteiger partial charge on any atom is 0.220 e. The van der Waals surface area contributed by atoms with E-state index in [0.717, 1.165) is 31.0 Å². The first-order valence-electron chi connectivity index (χ1n) is 4.18. The minimum absolute atomic E-state index is 0.230. The van der Waals surface area contributed by atoms with Gasteiger partial charge in [0.2, 0.25) is 5.91 Å². The largest absolute Gasteiger partial charge is 0.353 e. The number of hydrogen-bond donors (Lipinski definition) is 1. The molecule has 0 saturated carbocycles. The van der Waals surface area contributed by atoms with Gasteiger partial charge in [0.1, 0.15) is 0 Å². The molecule has 0 spiro atoms. The Hall–Kier alpha value is -0.0500. The van der Waals surface area contributed by atoms with E-state index in [4.69, 9.17) is 0 Å². The Kier molecular flexibility index (Phi) is 3.91. The van der Waals surface area contributed by atoms with Crippen molar-refractivity contribution < 1.29 is 4.79 Å². The molecule has 1 unspecified atom stereocenters. The van der Waals surface area contributed by atoms with E-state index < -0.39 is 0 Å². The summed E-state index contributed by atoms with van der Waals surface area (Å²) in [4.78, 5) is 11.0. The van der Waals surface area contributed by atoms with E-state index in [1.165, 1.54) is 6.42 Å². The number of carbonyl (C=O) groups is 1. The van der Waals surface area contributed by atoms with Gasteiger partial charge in [-0.15, -0.1) is 0 Å². The number of hydrogen-bond acceptors (Lipinski definition) is 1. The lowest BCUT2D eigenvalue weighted by Gasteiger charge is -2.13. The predicted octanol–water partition coefficient (Wildman–Crippen LogP) is 1.83. The van der Waals surface area contributed by atoms with Crippen molar-refractivity contribution in [3.8, 4) is 0 Å². The minimum atomic E-state index is 0.230. The number of halogens is 1. The first-order chi connectivity index (χ1) is 5.33. The van der Waals surface area contributed by atoms with Crippen molar-refractivity contribution in [2.45, 2.75) is 38.1 Å². The molecule has 1 saturated heterocycles. The highest BCUT2D eigenvalue weighted by Crippen LogP contribution is 2.12. The van der Waals surface area contributed by atoms with Gasteiger partial charge in [-0.3, -0.25) is 4.79 Å². The second-order valence-corrected chi connectivity index (χ2v) is 3.78. The van der Waals surface area contributed by atoms with Crippen LogP contribution in [0, 0.1) is 0 Å². The fraction of sp³-hybridized carbons (Fsp3) is 0.875. The highest BCUT2D eigenvalue weighted by molar-refractivity contribution is 9.09. The zero-order valence-electron chi connectivity index (χ0n) is 6.61. The molecular formula is C8H14BrNO. The maximum atomic E-state index is 11.0. The molecule has 1 rings (SSSR count). The average molecular weight is 220 g/mol. The predicted molar refractivity (Wildman–Crippen MR) is 48.8 cm³/mol. The number of carbonyl (C=O) groups excluding carboxylic acids is 1. The quantitative estimate of drug-likeness (QED) is 0.706. The van der Waals surface area contributed by atoms with Gasteiger partial charge in [0.05, 0.1) is 0 Å². The molecule has 0 radical (unpaired) electrons. The van der Waals surface area contributed by atoms with Gasteiger partial charge in [0, 0.05) is 17.8 Å². The maximum absolute atomic E-state index is 11.0. The van der Waals surface area contributed by atoms with Gasteiger partial charge in [-0.25, -0.2) is 0 Å². The van der Waals surface area contributed by atoms with E-state index in [9.17, 15) is 4.79 Å². The van der Waals surface area contributed by atoms with Gasteiger partial charge in [-0.1, -0.05) is 22.4 Å². The topological polar surface area (TPSA) is 29.1 Å². The summed E-state index contributed by atoms with van der Waals surface area (Å²) >= 11 is 3.38. The highest BCUT2D eigenvalue weighted by atomic mass is 79.9. The lowest BCUT2D eigenvalue weighted by atomic mass is 10.1. The number of nitrogens with one attached hydrogen (secondary N) is 1. The van der Waals surface area contributed by atoms with Gasteiger partial charge in [-0.2, -0.15) is 0 Å². The van der Waals surface area contributed by atoms with Crippen LogP contribution in [-0.2, 0) is 4.79 Å². The van der Waals surface area contributed by atoms with Crippen LogP contribution < -0.4 is 5.32 Å². The summed E-state index contributed by atoms with van der Waals surface area (Å²) in [6.45, 7) is 0. The van der Waals surface area contributed by atoms with E-state index in [0.29, 0.717) is 6.04 Å². The molecule has 1 N–H and O–H groups in total. The molecule has 3 heteroatoms. The number of amides is 1. The zero-order valence-corrected chi connectivity index (χ0v) is 8.19. The Balaban J connectivity index is 2.33. The van der Waals surface area contributed by atoms with Crippen molar-refractivity contribution in [3.63, 3.8) is 0 Å². The van der Waals surface area contributed by atoms with Crippen LogP contribution in [0.5, 0.6) is 0 Å². The molecule has 0 aliphatic carbocycles. The Morgan fingerprint density at radius 1 is 1.55 bits per heavy atom. The van der Waals surface area contributed by atoms with Crippen LogP contribution in [0.1, 0.15) is 32.1 Å². The smallest absolute Gasteiger partial charge is 0.220 e. The Morgan fingerprint density at radius 3 is 3.09 bits per heavy atom. The first-order valence-corrected chi connectivity index (χ1v) is 5.30. The SMILES string of the molecule is O=C1CCCCC(CCBr)N1. The molecule has 11 heavy (non-hydrogen) atoms. The number of alkyl halides is 1. The fourth-order valence-electron chi connectivity index (χ4n) is 1.40. The minimum Gasteiger partial charge on any atom is -0.353 e. The van der Waals surface area contributed by atoms with Crippen LogP contribution in [0.2, 0.25) is 0 Å². The summed E-state index contributed by atoms with van der Waals surface area (Å²) in [6.07, 6.45) is 5.18. The zero-order chi connectivity index (χ0) is 8.10. The van der Waals surface area contributed by atoms with Crippen molar-refractivity contribution in [1.29, 1.82) is 0 Å². The van der Waals surface area contributed by atoms with Crippen LogP contribution in [0.15, 0.2) is 0 Å². The third-order valence-corrected chi connectivity index (χ3v) is 2.49. The first kappa shape index (κ1) is 9.04. The summed E-state index contributed by atoms with van der Waals surface area (Å²) in [5, 5.41) is 3.99. The van der Waals surface area contributed by atoms with Crippen LogP contribution >= 0.6 is 15.9 Å². The van der Waals surface area contributed by atoms with Crippen molar-refractivity contribution >= 4 is 21.8 Å². The molecule has 0 aromatic carbocycles. The molecular weight excluding hydrogens is 206 g/mol. The van der Waals surface area contributed by atoms with Crippen molar-refractivity contribution in [2.75, 3.05) is 5.33 Å². The summed E-state index contributed by atoms with van der Waals surface area (Å²) in [6, 6.07) is 0.421. The third-order valence-electron chi connectivity index (χ3n) is 2.03. The molecule has 1 fully saturated rings. The van der Waals surface area contributed by atoms with Gasteiger partial charge in [0.25, 0.3) is 0 Å².